The van der Waals surface area contributed by atoms with Crippen molar-refractivity contribution >= 4 is 34.4 Å². The van der Waals surface area contributed by atoms with Crippen LogP contribution in [-0.4, -0.2) is 43.8 Å². The zero-order chi connectivity index (χ0) is 24.4. The number of carbonyl (C=O) groups is 1. The zero-order valence-corrected chi connectivity index (χ0v) is 20.9. The lowest BCUT2D eigenvalue weighted by Gasteiger charge is -2.41. The summed E-state index contributed by atoms with van der Waals surface area (Å²) in [7, 11) is 0. The minimum atomic E-state index is -0.460. The van der Waals surface area contributed by atoms with Crippen LogP contribution in [0.5, 0.6) is 0 Å². The Labute approximate surface area is 210 Å². The number of nitrogens with zero attached hydrogens (tertiary/aromatic N) is 6. The molecule has 8 heteroatoms. The highest BCUT2D eigenvalue weighted by Gasteiger charge is 2.41. The van der Waals surface area contributed by atoms with E-state index in [1.165, 1.54) is 0 Å². The van der Waals surface area contributed by atoms with Crippen LogP contribution in [0.4, 0.5) is 5.82 Å². The number of piperidine rings is 1. The molecule has 1 saturated heterocycles. The SMILES string of the molecule is CCCc1nc(N2CCC(C(C)=O)(c3ccccc3)CC2)c2nnn(Cc3ccccc3Cl)c2n1. The van der Waals surface area contributed by atoms with Gasteiger partial charge in [0.25, 0.3) is 0 Å². The standard InChI is InChI=1S/C27H29ClN6O/c1-3-9-23-29-25(24-26(30-23)34(32-31-24)18-20-10-7-8-13-22(20)28)33-16-14-27(15-17-33,19(2)35)21-11-5-4-6-12-21/h4-8,10-13H,3,9,14-18H2,1-2H3. The van der Waals surface area contributed by atoms with E-state index in [2.05, 4.69) is 34.3 Å². The summed E-state index contributed by atoms with van der Waals surface area (Å²) in [4.78, 5) is 24.8. The van der Waals surface area contributed by atoms with Gasteiger partial charge in [-0.3, -0.25) is 4.79 Å². The number of carbonyl (C=O) groups excluding carboxylic acids is 1. The Balaban J connectivity index is 1.49. The van der Waals surface area contributed by atoms with Crippen molar-refractivity contribution in [3.8, 4) is 0 Å². The molecule has 0 N–H and O–H groups in total. The van der Waals surface area contributed by atoms with E-state index in [0.29, 0.717) is 35.8 Å². The molecule has 2 aromatic heterocycles. The number of aryl methyl sites for hydroxylation is 1. The number of hydrogen-bond donors (Lipinski definition) is 0. The predicted molar refractivity (Wildman–Crippen MR) is 138 cm³/mol. The molecule has 0 spiro atoms. The Morgan fingerprint density at radius 1 is 1.03 bits per heavy atom. The number of fused-ring (bicyclic) bond motifs is 1. The number of aromatic nitrogens is 5. The molecule has 0 unspecified atom stereocenters. The largest absolute Gasteiger partial charge is 0.354 e. The van der Waals surface area contributed by atoms with Gasteiger partial charge in [-0.15, -0.1) is 5.10 Å². The van der Waals surface area contributed by atoms with Gasteiger partial charge in [0.15, 0.2) is 17.0 Å². The van der Waals surface area contributed by atoms with Crippen LogP contribution in [0.2, 0.25) is 5.02 Å². The zero-order valence-electron chi connectivity index (χ0n) is 20.1. The predicted octanol–water partition coefficient (Wildman–Crippen LogP) is 5.00. The summed E-state index contributed by atoms with van der Waals surface area (Å²) in [5, 5.41) is 9.60. The fourth-order valence-corrected chi connectivity index (χ4v) is 5.23. The lowest BCUT2D eigenvalue weighted by atomic mass is 9.70. The van der Waals surface area contributed by atoms with Crippen molar-refractivity contribution in [2.75, 3.05) is 18.0 Å². The third-order valence-electron chi connectivity index (χ3n) is 7.06. The topological polar surface area (TPSA) is 76.8 Å². The molecular weight excluding hydrogens is 460 g/mol. The molecule has 7 nitrogen and oxygen atoms in total. The van der Waals surface area contributed by atoms with Crippen LogP contribution in [0.3, 0.4) is 0 Å². The van der Waals surface area contributed by atoms with Gasteiger partial charge in [0, 0.05) is 24.5 Å². The molecule has 0 amide bonds. The van der Waals surface area contributed by atoms with E-state index in [1.54, 1.807) is 11.6 Å². The second-order valence-corrected chi connectivity index (χ2v) is 9.62. The average molecular weight is 489 g/mol. The maximum Gasteiger partial charge on any atom is 0.184 e. The Kier molecular flexibility index (Phi) is 6.52. The van der Waals surface area contributed by atoms with Gasteiger partial charge in [0.05, 0.1) is 12.0 Å². The van der Waals surface area contributed by atoms with Gasteiger partial charge in [-0.2, -0.15) is 0 Å². The van der Waals surface area contributed by atoms with Crippen LogP contribution in [0.1, 0.15) is 50.1 Å². The van der Waals surface area contributed by atoms with Gasteiger partial charge in [-0.25, -0.2) is 14.6 Å². The van der Waals surface area contributed by atoms with E-state index in [1.807, 2.05) is 42.5 Å². The first kappa shape index (κ1) is 23.4. The fraction of sp³-hybridized carbons (Fsp3) is 0.370. The van der Waals surface area contributed by atoms with E-state index in [4.69, 9.17) is 21.6 Å². The van der Waals surface area contributed by atoms with Crippen molar-refractivity contribution in [1.29, 1.82) is 0 Å². The molecule has 0 aliphatic carbocycles. The Bertz CT molecular complexity index is 1340. The summed E-state index contributed by atoms with van der Waals surface area (Å²) in [6.07, 6.45) is 3.18. The minimum Gasteiger partial charge on any atom is -0.354 e. The molecular formula is C27H29ClN6O. The van der Waals surface area contributed by atoms with E-state index in [-0.39, 0.29) is 5.78 Å². The molecule has 0 bridgehead atoms. The molecule has 0 saturated carbocycles. The average Bonchev–Trinajstić information content (AvgIpc) is 3.28. The summed E-state index contributed by atoms with van der Waals surface area (Å²) in [5.41, 5.74) is 3.00. The third kappa shape index (κ3) is 4.41. The van der Waals surface area contributed by atoms with Crippen LogP contribution in [0.25, 0.3) is 11.2 Å². The highest BCUT2D eigenvalue weighted by atomic mass is 35.5. The maximum atomic E-state index is 12.8. The van der Waals surface area contributed by atoms with E-state index in [0.717, 1.165) is 48.5 Å². The highest BCUT2D eigenvalue weighted by Crippen LogP contribution is 2.38. The quantitative estimate of drug-likeness (QED) is 0.364. The lowest BCUT2D eigenvalue weighted by Crippen LogP contribution is -2.47. The number of halogens is 1. The van der Waals surface area contributed by atoms with Crippen LogP contribution in [-0.2, 0) is 23.2 Å². The van der Waals surface area contributed by atoms with E-state index >= 15 is 0 Å². The smallest absolute Gasteiger partial charge is 0.184 e. The molecule has 2 aromatic carbocycles. The first-order valence-corrected chi connectivity index (χ1v) is 12.5. The molecule has 1 aliphatic rings. The molecule has 35 heavy (non-hydrogen) atoms. The minimum absolute atomic E-state index is 0.216. The maximum absolute atomic E-state index is 12.8. The number of rotatable bonds is 7. The van der Waals surface area contributed by atoms with Gasteiger partial charge in [0.2, 0.25) is 0 Å². The molecule has 5 rings (SSSR count). The molecule has 1 fully saturated rings. The van der Waals surface area contributed by atoms with Crippen LogP contribution < -0.4 is 4.90 Å². The van der Waals surface area contributed by atoms with Crippen molar-refractivity contribution < 1.29 is 4.79 Å². The summed E-state index contributed by atoms with van der Waals surface area (Å²) in [5.74, 6) is 1.80. The number of benzene rings is 2. The Hall–Kier alpha value is -3.32. The first-order valence-electron chi connectivity index (χ1n) is 12.2. The fourth-order valence-electron chi connectivity index (χ4n) is 5.04. The normalized spacial score (nSPS) is 15.5. The van der Waals surface area contributed by atoms with Crippen molar-refractivity contribution in [2.45, 2.75) is 51.5 Å². The van der Waals surface area contributed by atoms with Crippen LogP contribution >= 0.6 is 11.6 Å². The summed E-state index contributed by atoms with van der Waals surface area (Å²) < 4.78 is 1.80. The van der Waals surface area contributed by atoms with Crippen molar-refractivity contribution in [3.05, 3.63) is 76.6 Å². The second kappa shape index (κ2) is 9.74. The monoisotopic (exact) mass is 488 g/mol. The van der Waals surface area contributed by atoms with Crippen LogP contribution in [0, 0.1) is 0 Å². The van der Waals surface area contributed by atoms with Crippen molar-refractivity contribution in [1.82, 2.24) is 25.0 Å². The van der Waals surface area contributed by atoms with Gasteiger partial charge >= 0.3 is 0 Å². The number of hydrogen-bond acceptors (Lipinski definition) is 6. The van der Waals surface area contributed by atoms with Gasteiger partial charge in [-0.1, -0.05) is 72.3 Å². The molecule has 0 radical (unpaired) electrons. The number of Topliss-reactive ketones (excluding diaryl/α,β-unsaturated/α-hetero) is 1. The molecule has 4 aromatic rings. The summed E-state index contributed by atoms with van der Waals surface area (Å²) >= 11 is 6.40. The van der Waals surface area contributed by atoms with Crippen LogP contribution in [0.15, 0.2) is 54.6 Å². The molecule has 0 atom stereocenters. The Morgan fingerprint density at radius 2 is 1.74 bits per heavy atom. The molecule has 180 valence electrons. The van der Waals surface area contributed by atoms with Gasteiger partial charge in [0.1, 0.15) is 11.6 Å². The summed E-state index contributed by atoms with van der Waals surface area (Å²) in [6, 6.07) is 17.9. The first-order chi connectivity index (χ1) is 17.0. The van der Waals surface area contributed by atoms with Crippen molar-refractivity contribution in [3.63, 3.8) is 0 Å². The number of ketones is 1. The van der Waals surface area contributed by atoms with Crippen molar-refractivity contribution in [2.24, 2.45) is 0 Å². The molecule has 3 heterocycles. The summed E-state index contributed by atoms with van der Waals surface area (Å²) in [6.45, 7) is 5.74. The van der Waals surface area contributed by atoms with E-state index < -0.39 is 5.41 Å². The molecule has 1 aliphatic heterocycles. The Morgan fingerprint density at radius 3 is 2.43 bits per heavy atom. The number of anilines is 1. The third-order valence-corrected chi connectivity index (χ3v) is 7.43. The van der Waals surface area contributed by atoms with Gasteiger partial charge in [-0.05, 0) is 43.4 Å². The van der Waals surface area contributed by atoms with E-state index in [9.17, 15) is 4.79 Å². The lowest BCUT2D eigenvalue weighted by molar-refractivity contribution is -0.123. The van der Waals surface area contributed by atoms with Gasteiger partial charge < -0.3 is 4.90 Å². The highest BCUT2D eigenvalue weighted by molar-refractivity contribution is 6.31. The second-order valence-electron chi connectivity index (χ2n) is 9.22.